The Balaban J connectivity index is 1.98. The van der Waals surface area contributed by atoms with E-state index in [4.69, 9.17) is 9.63 Å². The summed E-state index contributed by atoms with van der Waals surface area (Å²) in [5, 5.41) is 14.4. The molecule has 0 fully saturated rings. The van der Waals surface area contributed by atoms with E-state index >= 15 is 0 Å². The quantitative estimate of drug-likeness (QED) is 0.803. The van der Waals surface area contributed by atoms with Gasteiger partial charge in [0, 0.05) is 24.8 Å². The molecular weight excluding hydrogens is 290 g/mol. The highest BCUT2D eigenvalue weighted by Crippen LogP contribution is 2.21. The molecule has 0 saturated carbocycles. The lowest BCUT2D eigenvalue weighted by molar-refractivity contribution is 0.282. The normalized spacial score (nSPS) is 11.9. The Kier molecular flexibility index (Phi) is 4.30. The van der Waals surface area contributed by atoms with E-state index in [1.165, 1.54) is 17.4 Å². The number of aromatic nitrogens is 2. The zero-order valence-electron chi connectivity index (χ0n) is 10.2. The van der Waals surface area contributed by atoms with Gasteiger partial charge in [-0.1, -0.05) is 5.16 Å². The molecule has 19 heavy (non-hydrogen) atoms. The van der Waals surface area contributed by atoms with Crippen molar-refractivity contribution < 1.29 is 18.0 Å². The average Bonchev–Trinajstić information content (AvgIpc) is 2.97. The highest BCUT2D eigenvalue weighted by Gasteiger charge is 2.19. The molecule has 2 N–H and O–H groups in total. The van der Waals surface area contributed by atoms with Crippen LogP contribution in [-0.4, -0.2) is 30.2 Å². The van der Waals surface area contributed by atoms with Crippen LogP contribution < -0.4 is 4.72 Å². The molecular formula is C10H13N3O4S2. The van der Waals surface area contributed by atoms with Crippen molar-refractivity contribution >= 4 is 21.4 Å². The summed E-state index contributed by atoms with van der Waals surface area (Å²) in [5.41, 5.74) is 0. The van der Waals surface area contributed by atoms with Crippen LogP contribution in [0.25, 0.3) is 0 Å². The van der Waals surface area contributed by atoms with E-state index in [0.29, 0.717) is 23.0 Å². The van der Waals surface area contributed by atoms with Crippen molar-refractivity contribution in [3.8, 4) is 0 Å². The number of nitrogens with zero attached hydrogens (tertiary/aromatic N) is 2. The molecule has 9 heteroatoms. The Hall–Kier alpha value is -1.29. The van der Waals surface area contributed by atoms with Crippen molar-refractivity contribution in [2.75, 3.05) is 6.54 Å². The molecule has 0 amide bonds. The molecule has 2 heterocycles. The largest absolute Gasteiger partial charge is 0.391 e. The van der Waals surface area contributed by atoms with Crippen molar-refractivity contribution in [3.05, 3.63) is 28.0 Å². The van der Waals surface area contributed by atoms with E-state index in [-0.39, 0.29) is 18.0 Å². The van der Waals surface area contributed by atoms with E-state index in [9.17, 15) is 8.42 Å². The molecule has 2 aromatic rings. The van der Waals surface area contributed by atoms with Gasteiger partial charge in [0.2, 0.25) is 15.9 Å². The van der Waals surface area contributed by atoms with Gasteiger partial charge in [-0.2, -0.15) is 4.98 Å². The maximum absolute atomic E-state index is 12.0. The summed E-state index contributed by atoms with van der Waals surface area (Å²) in [6.45, 7) is 1.54. The van der Waals surface area contributed by atoms with Gasteiger partial charge in [0.05, 0.1) is 11.5 Å². The fraction of sp³-hybridized carbons (Fsp3) is 0.400. The molecule has 0 saturated heterocycles. The zero-order chi connectivity index (χ0) is 13.9. The molecule has 7 nitrogen and oxygen atoms in total. The number of nitrogens with one attached hydrogen (secondary N) is 1. The number of hydrogen-bond acceptors (Lipinski definition) is 7. The van der Waals surface area contributed by atoms with Crippen molar-refractivity contribution in [3.63, 3.8) is 0 Å². The third kappa shape index (κ3) is 3.38. The van der Waals surface area contributed by atoms with Gasteiger partial charge in [-0.25, -0.2) is 13.1 Å². The highest BCUT2D eigenvalue weighted by atomic mass is 32.2. The second-order valence-electron chi connectivity index (χ2n) is 3.74. The third-order valence-electron chi connectivity index (χ3n) is 2.35. The first-order chi connectivity index (χ1) is 9.03. The Labute approximate surface area is 114 Å². The predicted octanol–water partition coefficient (Wildman–Crippen LogP) is 0.453. The van der Waals surface area contributed by atoms with Crippen LogP contribution in [0.1, 0.15) is 16.6 Å². The highest BCUT2D eigenvalue weighted by molar-refractivity contribution is 7.89. The van der Waals surface area contributed by atoms with Crippen molar-refractivity contribution in [2.24, 2.45) is 0 Å². The standard InChI is InChI=1S/C10H13N3O4S2/c1-7-12-10(13-17-7)2-4-11-19(15,16)9-3-5-18-8(9)6-14/h3,5,11,14H,2,4,6H2,1H3. The second kappa shape index (κ2) is 5.78. The minimum Gasteiger partial charge on any atom is -0.391 e. The molecule has 2 aromatic heterocycles. The number of hydrogen-bond donors (Lipinski definition) is 2. The van der Waals surface area contributed by atoms with Crippen LogP contribution >= 0.6 is 11.3 Å². The molecule has 0 aromatic carbocycles. The summed E-state index contributed by atoms with van der Waals surface area (Å²) in [7, 11) is -3.61. The molecule has 2 rings (SSSR count). The van der Waals surface area contributed by atoms with Crippen LogP contribution in [-0.2, 0) is 23.1 Å². The average molecular weight is 303 g/mol. The maximum Gasteiger partial charge on any atom is 0.241 e. The SMILES string of the molecule is Cc1nc(CCNS(=O)(=O)c2ccsc2CO)no1. The zero-order valence-corrected chi connectivity index (χ0v) is 11.8. The molecule has 104 valence electrons. The number of thiophene rings is 1. The van der Waals surface area contributed by atoms with Crippen LogP contribution in [0.5, 0.6) is 0 Å². The van der Waals surface area contributed by atoms with Gasteiger partial charge in [-0.05, 0) is 11.4 Å². The number of aliphatic hydroxyl groups is 1. The lowest BCUT2D eigenvalue weighted by Gasteiger charge is -2.05. The van der Waals surface area contributed by atoms with E-state index in [2.05, 4.69) is 14.9 Å². The summed E-state index contributed by atoms with van der Waals surface area (Å²) >= 11 is 1.20. The van der Waals surface area contributed by atoms with Crippen molar-refractivity contribution in [1.82, 2.24) is 14.9 Å². The van der Waals surface area contributed by atoms with Crippen LogP contribution in [0.4, 0.5) is 0 Å². The topological polar surface area (TPSA) is 105 Å². The molecule has 0 atom stereocenters. The lowest BCUT2D eigenvalue weighted by Crippen LogP contribution is -2.26. The first-order valence-corrected chi connectivity index (χ1v) is 7.85. The predicted molar refractivity (Wildman–Crippen MR) is 68.2 cm³/mol. The summed E-state index contributed by atoms with van der Waals surface area (Å²) in [4.78, 5) is 4.51. The van der Waals surface area contributed by atoms with Gasteiger partial charge >= 0.3 is 0 Å². The molecule has 0 bridgehead atoms. The number of sulfonamides is 1. The Bertz CT molecular complexity index is 647. The Morgan fingerprint density at radius 2 is 2.32 bits per heavy atom. The fourth-order valence-electron chi connectivity index (χ4n) is 1.50. The van der Waals surface area contributed by atoms with Gasteiger partial charge in [-0.3, -0.25) is 0 Å². The molecule has 0 aliphatic rings. The maximum atomic E-state index is 12.0. The number of aliphatic hydroxyl groups excluding tert-OH is 1. The van der Waals surface area contributed by atoms with E-state index in [0.717, 1.165) is 0 Å². The molecule has 0 spiro atoms. The summed E-state index contributed by atoms with van der Waals surface area (Å²) in [6, 6.07) is 1.47. The van der Waals surface area contributed by atoms with Crippen molar-refractivity contribution in [2.45, 2.75) is 24.8 Å². The minimum absolute atomic E-state index is 0.115. The third-order valence-corrected chi connectivity index (χ3v) is 4.93. The van der Waals surface area contributed by atoms with Crippen LogP contribution in [0.2, 0.25) is 0 Å². The number of aryl methyl sites for hydroxylation is 1. The van der Waals surface area contributed by atoms with Crippen LogP contribution in [0.3, 0.4) is 0 Å². The smallest absolute Gasteiger partial charge is 0.241 e. The molecule has 0 aliphatic heterocycles. The molecule has 0 radical (unpaired) electrons. The van der Waals surface area contributed by atoms with Gasteiger partial charge in [0.1, 0.15) is 0 Å². The monoisotopic (exact) mass is 303 g/mol. The second-order valence-corrected chi connectivity index (χ2v) is 6.48. The number of rotatable bonds is 6. The Morgan fingerprint density at radius 1 is 1.53 bits per heavy atom. The molecule has 0 unspecified atom stereocenters. The van der Waals surface area contributed by atoms with Gasteiger partial charge in [0.25, 0.3) is 0 Å². The minimum atomic E-state index is -3.61. The van der Waals surface area contributed by atoms with Gasteiger partial charge in [0.15, 0.2) is 5.82 Å². The van der Waals surface area contributed by atoms with E-state index in [1.54, 1.807) is 12.3 Å². The van der Waals surface area contributed by atoms with Crippen molar-refractivity contribution in [1.29, 1.82) is 0 Å². The summed E-state index contributed by atoms with van der Waals surface area (Å²) < 4.78 is 31.2. The Morgan fingerprint density at radius 3 is 2.95 bits per heavy atom. The van der Waals surface area contributed by atoms with E-state index in [1.807, 2.05) is 0 Å². The first kappa shape index (κ1) is 14.1. The summed E-state index contributed by atoms with van der Waals surface area (Å²) in [6.07, 6.45) is 0.342. The van der Waals surface area contributed by atoms with Gasteiger partial charge < -0.3 is 9.63 Å². The van der Waals surface area contributed by atoms with E-state index < -0.39 is 10.0 Å². The first-order valence-electron chi connectivity index (χ1n) is 5.49. The van der Waals surface area contributed by atoms with Gasteiger partial charge in [-0.15, -0.1) is 11.3 Å². The molecule has 0 aliphatic carbocycles. The van der Waals surface area contributed by atoms with Crippen LogP contribution in [0.15, 0.2) is 20.9 Å². The fourth-order valence-corrected chi connectivity index (χ4v) is 3.83. The lowest BCUT2D eigenvalue weighted by atomic mass is 10.4. The summed E-state index contributed by atoms with van der Waals surface area (Å²) in [5.74, 6) is 0.895. The van der Waals surface area contributed by atoms with Crippen LogP contribution in [0, 0.1) is 6.92 Å².